The fourth-order valence-electron chi connectivity index (χ4n) is 2.36. The first kappa shape index (κ1) is 20.2. The molecule has 0 radical (unpaired) electrons. The van der Waals surface area contributed by atoms with Gasteiger partial charge in [-0.05, 0) is 30.2 Å². The Balaban J connectivity index is 1.98. The minimum atomic E-state index is -0.472. The molecule has 9 heteroatoms. The second kappa shape index (κ2) is 9.54. The van der Waals surface area contributed by atoms with Crippen LogP contribution >= 0.6 is 11.6 Å². The van der Waals surface area contributed by atoms with Crippen molar-refractivity contribution in [1.29, 1.82) is 0 Å². The van der Waals surface area contributed by atoms with Crippen LogP contribution in [0.4, 0.5) is 17.5 Å². The Morgan fingerprint density at radius 2 is 2.00 bits per heavy atom. The fourth-order valence-corrected chi connectivity index (χ4v) is 2.44. The van der Waals surface area contributed by atoms with Crippen molar-refractivity contribution in [2.75, 3.05) is 29.2 Å². The molecule has 1 aromatic heterocycles. The van der Waals surface area contributed by atoms with Gasteiger partial charge in [-0.15, -0.1) is 11.6 Å². The van der Waals surface area contributed by atoms with Crippen LogP contribution in [0.5, 0.6) is 0 Å². The van der Waals surface area contributed by atoms with Crippen LogP contribution in [-0.2, 0) is 16.0 Å². The quantitative estimate of drug-likeness (QED) is 0.286. The Hall–Kier alpha value is -3.13. The van der Waals surface area contributed by atoms with Crippen molar-refractivity contribution in [3.63, 3.8) is 0 Å². The zero-order valence-electron chi connectivity index (χ0n) is 14.4. The third-order valence-corrected chi connectivity index (χ3v) is 4.06. The van der Waals surface area contributed by atoms with Crippen LogP contribution in [0, 0.1) is 5.92 Å². The summed E-state index contributed by atoms with van der Waals surface area (Å²) in [5.74, 6) is -0.742. The van der Waals surface area contributed by atoms with Gasteiger partial charge in [-0.2, -0.15) is 4.98 Å². The predicted octanol–water partition coefficient (Wildman–Crippen LogP) is 1.23. The van der Waals surface area contributed by atoms with Crippen molar-refractivity contribution in [3.05, 3.63) is 51.8 Å². The molecule has 1 aromatic carbocycles. The first-order valence-corrected chi connectivity index (χ1v) is 8.66. The summed E-state index contributed by atoms with van der Waals surface area (Å²) in [4.78, 5) is 40.6. The lowest BCUT2D eigenvalue weighted by Crippen LogP contribution is -2.25. The highest BCUT2D eigenvalue weighted by atomic mass is 35.5. The van der Waals surface area contributed by atoms with Crippen LogP contribution in [0.15, 0.2) is 35.1 Å². The van der Waals surface area contributed by atoms with Gasteiger partial charge in [-0.3, -0.25) is 14.6 Å². The molecular weight excluding hydrogens is 370 g/mol. The van der Waals surface area contributed by atoms with Gasteiger partial charge in [0.2, 0.25) is 5.95 Å². The molecule has 2 rings (SSSR count). The summed E-state index contributed by atoms with van der Waals surface area (Å²) in [6, 6.07) is 7.28. The molecule has 6 N–H and O–H groups in total. The summed E-state index contributed by atoms with van der Waals surface area (Å²) in [6.07, 6.45) is 4.00. The molecule has 0 aliphatic carbocycles. The molecule has 0 saturated heterocycles. The van der Waals surface area contributed by atoms with Crippen LogP contribution in [-0.4, -0.2) is 34.5 Å². The summed E-state index contributed by atoms with van der Waals surface area (Å²) >= 11 is 5.43. The van der Waals surface area contributed by atoms with Crippen LogP contribution in [0.25, 0.3) is 6.08 Å². The van der Waals surface area contributed by atoms with Gasteiger partial charge < -0.3 is 21.6 Å². The highest BCUT2D eigenvalue weighted by Gasteiger charge is 2.15. The van der Waals surface area contributed by atoms with E-state index in [2.05, 4.69) is 15.3 Å². The van der Waals surface area contributed by atoms with E-state index in [0.717, 1.165) is 17.5 Å². The molecule has 0 aliphatic heterocycles. The van der Waals surface area contributed by atoms with Gasteiger partial charge in [-0.1, -0.05) is 18.2 Å². The van der Waals surface area contributed by atoms with E-state index in [9.17, 15) is 14.4 Å². The van der Waals surface area contributed by atoms with E-state index in [-0.39, 0.29) is 35.4 Å². The molecule has 0 saturated carbocycles. The van der Waals surface area contributed by atoms with E-state index < -0.39 is 11.5 Å². The molecule has 142 valence electrons. The number of aldehydes is 1. The first-order valence-electron chi connectivity index (χ1n) is 8.13. The number of rotatable bonds is 9. The largest absolute Gasteiger partial charge is 0.384 e. The second-order valence-corrected chi connectivity index (χ2v) is 6.12. The summed E-state index contributed by atoms with van der Waals surface area (Å²) in [6.45, 7) is 0.312. The average molecular weight is 390 g/mol. The maximum absolute atomic E-state index is 11.9. The topological polar surface area (TPSA) is 144 Å². The normalized spacial score (nSPS) is 12.0. The number of H-pyrrole nitrogens is 1. The van der Waals surface area contributed by atoms with Gasteiger partial charge in [0.05, 0.1) is 11.4 Å². The number of anilines is 3. The number of nitrogens with zero attached hydrogens (tertiary/aromatic N) is 1. The zero-order valence-corrected chi connectivity index (χ0v) is 15.2. The Labute approximate surface area is 160 Å². The number of carbonyl (C=O) groups excluding carboxylic acids is 2. The van der Waals surface area contributed by atoms with Gasteiger partial charge in [-0.25, -0.2) is 0 Å². The maximum atomic E-state index is 11.9. The van der Waals surface area contributed by atoms with Crippen molar-refractivity contribution in [2.45, 2.75) is 6.42 Å². The lowest BCUT2D eigenvalue weighted by Gasteiger charge is -2.13. The van der Waals surface area contributed by atoms with E-state index in [1.807, 2.05) is 24.3 Å². The van der Waals surface area contributed by atoms with Crippen molar-refractivity contribution in [3.8, 4) is 0 Å². The number of hydrogen-bond donors (Lipinski definition) is 4. The molecule has 1 unspecified atom stereocenters. The number of nitrogens with two attached hydrogens (primary N) is 2. The predicted molar refractivity (Wildman–Crippen MR) is 107 cm³/mol. The molecule has 0 fully saturated rings. The highest BCUT2D eigenvalue weighted by Crippen LogP contribution is 2.14. The van der Waals surface area contributed by atoms with Gasteiger partial charge in [0.1, 0.15) is 12.1 Å². The minimum absolute atomic E-state index is 0.0192. The number of ketones is 1. The minimum Gasteiger partial charge on any atom is -0.384 e. The fraction of sp³-hybridized carbons (Fsp3) is 0.222. The standard InChI is InChI=1S/C18H20ClN5O3/c19-8-14(26)6-3-11-1-4-13(5-2-11)22-9-12(10-25)7-15-16(20)23-18(21)24-17(15)27/h1-6,10,12,22H,7-9H2,(H5,20,21,23,24,27)/b6-3+. The van der Waals surface area contributed by atoms with Crippen LogP contribution < -0.4 is 22.3 Å². The Kier molecular flexibility index (Phi) is 7.13. The average Bonchev–Trinajstić information content (AvgIpc) is 2.65. The number of aromatic amines is 1. The number of hydrogen-bond acceptors (Lipinski definition) is 7. The lowest BCUT2D eigenvalue weighted by molar-refractivity contribution is -0.112. The number of nitrogen functional groups attached to an aromatic ring is 2. The number of nitrogens with one attached hydrogen (secondary N) is 2. The molecule has 0 amide bonds. The number of halogens is 1. The third-order valence-electron chi connectivity index (χ3n) is 3.80. The Bertz CT molecular complexity index is 893. The molecule has 1 atom stereocenters. The molecule has 0 bridgehead atoms. The number of benzene rings is 1. The van der Waals surface area contributed by atoms with E-state index in [1.54, 1.807) is 6.08 Å². The maximum Gasteiger partial charge on any atom is 0.257 e. The van der Waals surface area contributed by atoms with Gasteiger partial charge >= 0.3 is 0 Å². The lowest BCUT2D eigenvalue weighted by atomic mass is 10.0. The number of aromatic nitrogens is 2. The number of alkyl halides is 1. The number of allylic oxidation sites excluding steroid dienone is 1. The van der Waals surface area contributed by atoms with Gasteiger partial charge in [0, 0.05) is 18.2 Å². The molecule has 27 heavy (non-hydrogen) atoms. The smallest absolute Gasteiger partial charge is 0.257 e. The number of carbonyl (C=O) groups is 2. The Morgan fingerprint density at radius 1 is 1.30 bits per heavy atom. The monoisotopic (exact) mass is 389 g/mol. The van der Waals surface area contributed by atoms with E-state index in [4.69, 9.17) is 23.1 Å². The van der Waals surface area contributed by atoms with E-state index in [1.165, 1.54) is 6.08 Å². The summed E-state index contributed by atoms with van der Waals surface area (Å²) in [5.41, 5.74) is 12.6. The Morgan fingerprint density at radius 3 is 2.59 bits per heavy atom. The molecule has 2 aromatic rings. The molecule has 1 heterocycles. The van der Waals surface area contributed by atoms with Crippen molar-refractivity contribution in [1.82, 2.24) is 9.97 Å². The molecule has 0 aliphatic rings. The SMILES string of the molecule is Nc1nc(N)c(CC(C=O)CNc2ccc(/C=C/C(=O)CCl)cc2)c(=O)[nH]1. The molecule has 8 nitrogen and oxygen atoms in total. The summed E-state index contributed by atoms with van der Waals surface area (Å²) in [5, 5.41) is 3.13. The molecular formula is C18H20ClN5O3. The van der Waals surface area contributed by atoms with Crippen molar-refractivity contribution in [2.24, 2.45) is 5.92 Å². The first-order chi connectivity index (χ1) is 12.9. The van der Waals surface area contributed by atoms with E-state index >= 15 is 0 Å². The summed E-state index contributed by atoms with van der Waals surface area (Å²) < 4.78 is 0. The summed E-state index contributed by atoms with van der Waals surface area (Å²) in [7, 11) is 0. The van der Waals surface area contributed by atoms with Crippen LogP contribution in [0.3, 0.4) is 0 Å². The van der Waals surface area contributed by atoms with Crippen molar-refractivity contribution < 1.29 is 9.59 Å². The van der Waals surface area contributed by atoms with Crippen LogP contribution in [0.2, 0.25) is 0 Å². The second-order valence-electron chi connectivity index (χ2n) is 5.85. The molecule has 0 spiro atoms. The zero-order chi connectivity index (χ0) is 19.8. The van der Waals surface area contributed by atoms with Gasteiger partial charge in [0.25, 0.3) is 5.56 Å². The van der Waals surface area contributed by atoms with Crippen molar-refractivity contribution >= 4 is 47.2 Å². The highest BCUT2D eigenvalue weighted by molar-refractivity contribution is 6.29. The van der Waals surface area contributed by atoms with Gasteiger partial charge in [0.15, 0.2) is 5.78 Å². The van der Waals surface area contributed by atoms with E-state index in [0.29, 0.717) is 6.54 Å². The third kappa shape index (κ3) is 5.96. The van der Waals surface area contributed by atoms with Crippen LogP contribution in [0.1, 0.15) is 11.1 Å².